The molecule has 2 nitrogen and oxygen atoms in total. The highest BCUT2D eigenvalue weighted by atomic mass is 32.1. The third kappa shape index (κ3) is 1.72. The Morgan fingerprint density at radius 3 is 2.71 bits per heavy atom. The van der Waals surface area contributed by atoms with Crippen LogP contribution in [0.5, 0.6) is 0 Å². The van der Waals surface area contributed by atoms with Crippen LogP contribution in [0.25, 0.3) is 21.2 Å². The molecule has 0 unspecified atom stereocenters. The number of aromatic nitrogens is 1. The van der Waals surface area contributed by atoms with Crippen molar-refractivity contribution in [1.82, 2.24) is 4.98 Å². The zero-order valence-corrected chi connectivity index (χ0v) is 12.3. The number of benzene rings is 1. The molecule has 3 rings (SSSR count). The summed E-state index contributed by atoms with van der Waals surface area (Å²) in [5.74, 6) is 0. The van der Waals surface area contributed by atoms with E-state index in [1.165, 1.54) is 10.1 Å². The highest BCUT2D eigenvalue weighted by Gasteiger charge is 2.22. The average molecular weight is 261 g/mol. The van der Waals surface area contributed by atoms with Gasteiger partial charge in [0.05, 0.1) is 20.6 Å². The van der Waals surface area contributed by atoms with Crippen LogP contribution in [0.3, 0.4) is 0 Å². The van der Waals surface area contributed by atoms with E-state index in [2.05, 4.69) is 49.7 Å². The molecule has 17 heavy (non-hydrogen) atoms. The minimum Gasteiger partial charge on any atom is -0.466 e. The summed E-state index contributed by atoms with van der Waals surface area (Å²) >= 11 is 1.74. The van der Waals surface area contributed by atoms with Crippen LogP contribution in [0.15, 0.2) is 22.6 Å². The van der Waals surface area contributed by atoms with Crippen LogP contribution in [0.2, 0.25) is 19.6 Å². The van der Waals surface area contributed by atoms with Gasteiger partial charge in [0.15, 0.2) is 0 Å². The second-order valence-corrected chi connectivity index (χ2v) is 11.6. The van der Waals surface area contributed by atoms with Crippen molar-refractivity contribution in [3.05, 3.63) is 23.2 Å². The van der Waals surface area contributed by atoms with E-state index in [1.807, 2.05) is 0 Å². The van der Waals surface area contributed by atoms with Crippen molar-refractivity contribution in [3.63, 3.8) is 0 Å². The third-order valence-electron chi connectivity index (χ3n) is 2.90. The molecule has 4 heteroatoms. The van der Waals surface area contributed by atoms with Gasteiger partial charge in [-0.25, -0.2) is 4.98 Å². The fourth-order valence-corrected chi connectivity index (χ4v) is 3.82. The van der Waals surface area contributed by atoms with Crippen molar-refractivity contribution in [2.24, 2.45) is 0 Å². The van der Waals surface area contributed by atoms with Crippen LogP contribution < -0.4 is 5.38 Å². The van der Waals surface area contributed by atoms with Gasteiger partial charge in [-0.15, -0.1) is 11.3 Å². The van der Waals surface area contributed by atoms with Crippen LogP contribution in [0.4, 0.5) is 0 Å². The van der Waals surface area contributed by atoms with Gasteiger partial charge in [0.1, 0.15) is 13.7 Å². The van der Waals surface area contributed by atoms with E-state index in [0.29, 0.717) is 0 Å². The first kappa shape index (κ1) is 11.0. The molecular formula is C13H15NOSSi. The van der Waals surface area contributed by atoms with Crippen molar-refractivity contribution in [3.8, 4) is 0 Å². The second kappa shape index (κ2) is 3.43. The Morgan fingerprint density at radius 1 is 1.24 bits per heavy atom. The molecule has 0 aliphatic rings. The number of nitrogens with zero attached hydrogens (tertiary/aromatic N) is 1. The van der Waals surface area contributed by atoms with Crippen LogP contribution in [-0.4, -0.2) is 13.1 Å². The highest BCUT2D eigenvalue weighted by molar-refractivity contribution is 7.18. The summed E-state index contributed by atoms with van der Waals surface area (Å²) in [6.07, 6.45) is 0. The Bertz CT molecular complexity index is 705. The molecule has 0 N–H and O–H groups in total. The zero-order valence-electron chi connectivity index (χ0n) is 10.5. The number of hydrogen-bond acceptors (Lipinski definition) is 3. The first-order chi connectivity index (χ1) is 7.95. The summed E-state index contributed by atoms with van der Waals surface area (Å²) < 4.78 is 7.22. The van der Waals surface area contributed by atoms with Crippen LogP contribution in [0.1, 0.15) is 5.01 Å². The zero-order chi connectivity index (χ0) is 12.2. The molecular weight excluding hydrogens is 246 g/mol. The van der Waals surface area contributed by atoms with E-state index in [4.69, 9.17) is 4.42 Å². The summed E-state index contributed by atoms with van der Waals surface area (Å²) in [4.78, 5) is 4.61. The molecule has 0 saturated heterocycles. The lowest BCUT2D eigenvalue weighted by Gasteiger charge is -2.10. The van der Waals surface area contributed by atoms with E-state index < -0.39 is 8.07 Å². The molecule has 0 amide bonds. The lowest BCUT2D eigenvalue weighted by atomic mass is 10.2. The van der Waals surface area contributed by atoms with E-state index in [-0.39, 0.29) is 0 Å². The smallest absolute Gasteiger partial charge is 0.135 e. The normalized spacial score (nSPS) is 12.7. The molecule has 0 aliphatic heterocycles. The largest absolute Gasteiger partial charge is 0.466 e. The fraction of sp³-hybridized carbons (Fsp3) is 0.308. The van der Waals surface area contributed by atoms with E-state index in [1.54, 1.807) is 11.3 Å². The number of rotatable bonds is 1. The van der Waals surface area contributed by atoms with Gasteiger partial charge in [-0.1, -0.05) is 19.6 Å². The SMILES string of the molecule is Cc1nc2c(ccc3oc([Si](C)(C)C)cc32)s1. The van der Waals surface area contributed by atoms with Gasteiger partial charge in [-0.2, -0.15) is 0 Å². The topological polar surface area (TPSA) is 26.0 Å². The minimum atomic E-state index is -1.39. The first-order valence-electron chi connectivity index (χ1n) is 5.75. The molecule has 1 aromatic carbocycles. The van der Waals surface area contributed by atoms with Gasteiger partial charge in [-0.05, 0) is 25.1 Å². The number of thiazole rings is 1. The predicted octanol–water partition coefficient (Wildman–Crippen LogP) is 3.90. The predicted molar refractivity (Wildman–Crippen MR) is 77.1 cm³/mol. The Hall–Kier alpha value is -1.13. The van der Waals surface area contributed by atoms with Gasteiger partial charge in [0.25, 0.3) is 0 Å². The third-order valence-corrected chi connectivity index (χ3v) is 5.56. The van der Waals surface area contributed by atoms with Gasteiger partial charge in [0.2, 0.25) is 0 Å². The Morgan fingerprint density at radius 2 is 2.00 bits per heavy atom. The summed E-state index contributed by atoms with van der Waals surface area (Å²) in [7, 11) is -1.39. The maximum Gasteiger partial charge on any atom is 0.135 e. The second-order valence-electron chi connectivity index (χ2n) is 5.42. The number of aryl methyl sites for hydroxylation is 1. The van der Waals surface area contributed by atoms with Crippen molar-refractivity contribution < 1.29 is 4.42 Å². The summed E-state index contributed by atoms with van der Waals surface area (Å²) in [6, 6.07) is 6.38. The van der Waals surface area contributed by atoms with Crippen LogP contribution in [0, 0.1) is 6.92 Å². The lowest BCUT2D eigenvalue weighted by Crippen LogP contribution is -2.36. The maximum absolute atomic E-state index is 5.98. The first-order valence-corrected chi connectivity index (χ1v) is 10.1. The Balaban J connectivity index is 2.38. The summed E-state index contributed by atoms with van der Waals surface area (Å²) in [5, 5.41) is 3.44. The fourth-order valence-electron chi connectivity index (χ4n) is 1.98. The standard InChI is InChI=1S/C13H15NOSSi/c1-8-14-13-9-7-12(17(2,3)4)15-10(9)5-6-11(13)16-8/h5-7H,1-4H3. The summed E-state index contributed by atoms with van der Waals surface area (Å²) in [6.45, 7) is 8.95. The summed E-state index contributed by atoms with van der Waals surface area (Å²) in [5.41, 5.74) is 2.07. The van der Waals surface area contributed by atoms with E-state index >= 15 is 0 Å². The molecule has 0 radical (unpaired) electrons. The number of hydrogen-bond donors (Lipinski definition) is 0. The number of fused-ring (bicyclic) bond motifs is 3. The molecule has 2 heterocycles. The molecule has 88 valence electrons. The Labute approximate surface area is 105 Å². The van der Waals surface area contributed by atoms with Crippen molar-refractivity contribution >= 4 is 46.0 Å². The molecule has 0 spiro atoms. The maximum atomic E-state index is 5.98. The molecule has 0 fully saturated rings. The quantitative estimate of drug-likeness (QED) is 0.621. The average Bonchev–Trinajstić information content (AvgIpc) is 2.76. The van der Waals surface area contributed by atoms with Crippen molar-refractivity contribution in [2.45, 2.75) is 26.6 Å². The molecule has 2 aromatic heterocycles. The van der Waals surface area contributed by atoms with E-state index in [0.717, 1.165) is 21.5 Å². The van der Waals surface area contributed by atoms with Crippen LogP contribution >= 0.6 is 11.3 Å². The van der Waals surface area contributed by atoms with Gasteiger partial charge in [-0.3, -0.25) is 0 Å². The molecule has 0 bridgehead atoms. The lowest BCUT2D eigenvalue weighted by molar-refractivity contribution is 0.648. The highest BCUT2D eigenvalue weighted by Crippen LogP contribution is 2.29. The minimum absolute atomic E-state index is 0.972. The van der Waals surface area contributed by atoms with E-state index in [9.17, 15) is 0 Å². The van der Waals surface area contributed by atoms with Gasteiger partial charge < -0.3 is 4.42 Å². The van der Waals surface area contributed by atoms with Gasteiger partial charge >= 0.3 is 0 Å². The molecule has 0 aliphatic carbocycles. The molecule has 0 atom stereocenters. The number of furan rings is 1. The Kier molecular flexibility index (Phi) is 2.22. The van der Waals surface area contributed by atoms with Gasteiger partial charge in [0, 0.05) is 5.39 Å². The monoisotopic (exact) mass is 261 g/mol. The van der Waals surface area contributed by atoms with Crippen molar-refractivity contribution in [1.29, 1.82) is 0 Å². The molecule has 3 aromatic rings. The molecule has 0 saturated carbocycles. The van der Waals surface area contributed by atoms with Crippen molar-refractivity contribution in [2.75, 3.05) is 0 Å². The van der Waals surface area contributed by atoms with Crippen LogP contribution in [-0.2, 0) is 0 Å².